The summed E-state index contributed by atoms with van der Waals surface area (Å²) in [6.07, 6.45) is 4.87. The molecule has 6 heteroatoms. The van der Waals surface area contributed by atoms with Crippen LogP contribution in [0.4, 0.5) is 4.39 Å². The van der Waals surface area contributed by atoms with Crippen molar-refractivity contribution in [1.29, 1.82) is 5.26 Å². The highest BCUT2D eigenvalue weighted by molar-refractivity contribution is 5.94. The van der Waals surface area contributed by atoms with Crippen LogP contribution in [0.1, 0.15) is 41.6 Å². The highest BCUT2D eigenvalue weighted by Crippen LogP contribution is 2.30. The van der Waals surface area contributed by atoms with E-state index in [2.05, 4.69) is 16.4 Å². The van der Waals surface area contributed by atoms with Gasteiger partial charge in [0.05, 0.1) is 17.2 Å². The van der Waals surface area contributed by atoms with Crippen LogP contribution < -0.4 is 10.1 Å². The fraction of sp³-hybridized carbons (Fsp3) is 0.261. The Bertz CT molecular complexity index is 1080. The first kappa shape index (κ1) is 18.9. The van der Waals surface area contributed by atoms with Crippen molar-refractivity contribution >= 4 is 16.8 Å². The van der Waals surface area contributed by atoms with Gasteiger partial charge in [-0.05, 0) is 62.1 Å². The molecule has 1 saturated carbocycles. The summed E-state index contributed by atoms with van der Waals surface area (Å²) in [5.74, 6) is 0.0521. The Morgan fingerprint density at radius 2 is 1.93 bits per heavy atom. The summed E-state index contributed by atoms with van der Waals surface area (Å²) in [7, 11) is 0. The van der Waals surface area contributed by atoms with Crippen LogP contribution >= 0.6 is 0 Å². The van der Waals surface area contributed by atoms with Gasteiger partial charge in [0.1, 0.15) is 17.6 Å². The fourth-order valence-corrected chi connectivity index (χ4v) is 3.75. The fourth-order valence-electron chi connectivity index (χ4n) is 3.75. The number of nitriles is 1. The van der Waals surface area contributed by atoms with E-state index in [1.807, 2.05) is 18.2 Å². The normalized spacial score (nSPS) is 18.8. The molecule has 0 atom stereocenters. The SMILES string of the molecule is N#Cc1cccc2c(OC3CCC(NC(=O)c4cccc(F)c4)CC3)ccnc12. The first-order valence-electron chi connectivity index (χ1n) is 9.65. The minimum Gasteiger partial charge on any atom is -0.490 e. The lowest BCUT2D eigenvalue weighted by molar-refractivity contribution is 0.0894. The number of hydrogen-bond acceptors (Lipinski definition) is 4. The molecule has 146 valence electrons. The van der Waals surface area contributed by atoms with Crippen LogP contribution in [0.25, 0.3) is 10.9 Å². The number of hydrogen-bond donors (Lipinski definition) is 1. The summed E-state index contributed by atoms with van der Waals surface area (Å²) in [4.78, 5) is 16.6. The number of nitrogens with one attached hydrogen (secondary N) is 1. The number of rotatable bonds is 4. The molecule has 1 amide bonds. The van der Waals surface area contributed by atoms with Gasteiger partial charge < -0.3 is 10.1 Å². The number of amides is 1. The van der Waals surface area contributed by atoms with Crippen molar-refractivity contribution in [3.8, 4) is 11.8 Å². The minimum atomic E-state index is -0.418. The number of para-hydroxylation sites is 1. The molecule has 0 aliphatic heterocycles. The number of aromatic nitrogens is 1. The molecule has 2 aromatic carbocycles. The topological polar surface area (TPSA) is 75.0 Å². The van der Waals surface area contributed by atoms with E-state index >= 15 is 0 Å². The summed E-state index contributed by atoms with van der Waals surface area (Å²) in [5.41, 5.74) is 1.50. The maximum absolute atomic E-state index is 13.3. The summed E-state index contributed by atoms with van der Waals surface area (Å²) in [6.45, 7) is 0. The molecule has 3 aromatic rings. The smallest absolute Gasteiger partial charge is 0.251 e. The van der Waals surface area contributed by atoms with E-state index < -0.39 is 5.82 Å². The zero-order valence-corrected chi connectivity index (χ0v) is 15.8. The number of benzene rings is 2. The highest BCUT2D eigenvalue weighted by Gasteiger charge is 2.24. The van der Waals surface area contributed by atoms with Gasteiger partial charge in [0, 0.05) is 23.2 Å². The highest BCUT2D eigenvalue weighted by atomic mass is 19.1. The molecule has 1 fully saturated rings. The monoisotopic (exact) mass is 389 g/mol. The Kier molecular flexibility index (Phi) is 5.39. The molecule has 1 aromatic heterocycles. The van der Waals surface area contributed by atoms with Gasteiger partial charge in [0.15, 0.2) is 0 Å². The third-order valence-corrected chi connectivity index (χ3v) is 5.24. The summed E-state index contributed by atoms with van der Waals surface area (Å²) >= 11 is 0. The third-order valence-electron chi connectivity index (χ3n) is 5.24. The first-order chi connectivity index (χ1) is 14.1. The van der Waals surface area contributed by atoms with Crippen LogP contribution in [0.3, 0.4) is 0 Å². The van der Waals surface area contributed by atoms with E-state index in [-0.39, 0.29) is 18.1 Å². The van der Waals surface area contributed by atoms with Crippen molar-refractivity contribution in [2.24, 2.45) is 0 Å². The Balaban J connectivity index is 1.38. The van der Waals surface area contributed by atoms with E-state index in [0.29, 0.717) is 16.6 Å². The summed E-state index contributed by atoms with van der Waals surface area (Å²) in [5, 5.41) is 13.1. The molecule has 0 radical (unpaired) electrons. The number of ether oxygens (including phenoxy) is 1. The van der Waals surface area contributed by atoms with Crippen molar-refractivity contribution in [2.75, 3.05) is 0 Å². The zero-order chi connectivity index (χ0) is 20.2. The standard InChI is InChI=1S/C23H20FN3O2/c24-17-5-1-3-15(13-17)23(28)27-18-7-9-19(10-8-18)29-21-11-12-26-22-16(14-25)4-2-6-20(21)22/h1-6,11-13,18-19H,7-10H2,(H,27,28). The average Bonchev–Trinajstić information content (AvgIpc) is 2.75. The molecule has 0 saturated heterocycles. The first-order valence-corrected chi connectivity index (χ1v) is 9.65. The lowest BCUT2D eigenvalue weighted by Gasteiger charge is -2.29. The molecule has 1 heterocycles. The second-order valence-corrected chi connectivity index (χ2v) is 7.20. The van der Waals surface area contributed by atoms with Gasteiger partial charge >= 0.3 is 0 Å². The average molecular weight is 389 g/mol. The number of halogens is 1. The van der Waals surface area contributed by atoms with Gasteiger partial charge in [0.2, 0.25) is 0 Å². The summed E-state index contributed by atoms with van der Waals surface area (Å²) < 4.78 is 19.5. The maximum atomic E-state index is 13.3. The Morgan fingerprint density at radius 3 is 2.69 bits per heavy atom. The van der Waals surface area contributed by atoms with Gasteiger partial charge in [-0.2, -0.15) is 5.26 Å². The molecular weight excluding hydrogens is 369 g/mol. The second-order valence-electron chi connectivity index (χ2n) is 7.20. The molecule has 0 unspecified atom stereocenters. The van der Waals surface area contributed by atoms with E-state index in [0.717, 1.165) is 36.8 Å². The van der Waals surface area contributed by atoms with Crippen molar-refractivity contribution in [3.05, 3.63) is 71.7 Å². The van der Waals surface area contributed by atoms with Gasteiger partial charge in [-0.25, -0.2) is 4.39 Å². The van der Waals surface area contributed by atoms with Crippen molar-refractivity contribution in [1.82, 2.24) is 10.3 Å². The molecule has 5 nitrogen and oxygen atoms in total. The van der Waals surface area contributed by atoms with E-state index in [4.69, 9.17) is 4.74 Å². The summed E-state index contributed by atoms with van der Waals surface area (Å²) in [6, 6.07) is 15.2. The van der Waals surface area contributed by atoms with Crippen LogP contribution in [-0.2, 0) is 0 Å². The Morgan fingerprint density at radius 1 is 1.14 bits per heavy atom. The van der Waals surface area contributed by atoms with Crippen LogP contribution in [0, 0.1) is 17.1 Å². The van der Waals surface area contributed by atoms with Crippen LogP contribution in [0.2, 0.25) is 0 Å². The molecule has 0 bridgehead atoms. The molecule has 1 aliphatic rings. The van der Waals surface area contributed by atoms with Gasteiger partial charge in [0.25, 0.3) is 5.91 Å². The van der Waals surface area contributed by atoms with E-state index in [9.17, 15) is 14.4 Å². The molecular formula is C23H20FN3O2. The minimum absolute atomic E-state index is 0.0358. The van der Waals surface area contributed by atoms with Crippen molar-refractivity contribution < 1.29 is 13.9 Å². The molecule has 4 rings (SSSR count). The maximum Gasteiger partial charge on any atom is 0.251 e. The number of carbonyl (C=O) groups is 1. The van der Waals surface area contributed by atoms with Gasteiger partial charge in [-0.15, -0.1) is 0 Å². The number of fused-ring (bicyclic) bond motifs is 1. The second kappa shape index (κ2) is 8.27. The van der Waals surface area contributed by atoms with Gasteiger partial charge in [-0.3, -0.25) is 9.78 Å². The Hall–Kier alpha value is -3.46. The number of carbonyl (C=O) groups excluding carboxylic acids is 1. The number of nitrogens with zero attached hydrogens (tertiary/aromatic N) is 2. The largest absolute Gasteiger partial charge is 0.490 e. The zero-order valence-electron chi connectivity index (χ0n) is 15.8. The quantitative estimate of drug-likeness (QED) is 0.719. The van der Waals surface area contributed by atoms with Crippen molar-refractivity contribution in [3.63, 3.8) is 0 Å². The molecule has 29 heavy (non-hydrogen) atoms. The molecule has 1 aliphatic carbocycles. The van der Waals surface area contributed by atoms with Gasteiger partial charge in [-0.1, -0.05) is 12.1 Å². The van der Waals surface area contributed by atoms with E-state index in [1.165, 1.54) is 18.2 Å². The molecule has 1 N–H and O–H groups in total. The molecule has 0 spiro atoms. The van der Waals surface area contributed by atoms with Crippen LogP contribution in [-0.4, -0.2) is 23.0 Å². The third kappa shape index (κ3) is 4.19. The van der Waals surface area contributed by atoms with E-state index in [1.54, 1.807) is 18.3 Å². The van der Waals surface area contributed by atoms with Crippen molar-refractivity contribution in [2.45, 2.75) is 37.8 Å². The Labute approximate surface area is 168 Å². The van der Waals surface area contributed by atoms with Crippen LogP contribution in [0.15, 0.2) is 54.7 Å². The number of pyridine rings is 1. The predicted molar refractivity (Wildman–Crippen MR) is 107 cm³/mol. The van der Waals surface area contributed by atoms with Crippen LogP contribution in [0.5, 0.6) is 5.75 Å². The lowest BCUT2D eigenvalue weighted by Crippen LogP contribution is -2.39. The predicted octanol–water partition coefficient (Wildman–Crippen LogP) is 4.37. The lowest BCUT2D eigenvalue weighted by atomic mass is 9.92.